The lowest BCUT2D eigenvalue weighted by atomic mass is 10.0. The molecule has 3 rings (SSSR count). The third-order valence-electron chi connectivity index (χ3n) is 4.21. The second-order valence-electron chi connectivity index (χ2n) is 6.07. The molecular weight excluding hydrogens is 389 g/mol. The number of alkyl halides is 3. The van der Waals surface area contributed by atoms with E-state index in [4.69, 9.17) is 11.6 Å². The predicted octanol–water partition coefficient (Wildman–Crippen LogP) is 4.79. The van der Waals surface area contributed by atoms with Crippen molar-refractivity contribution in [2.24, 2.45) is 0 Å². The summed E-state index contributed by atoms with van der Waals surface area (Å²) in [6.07, 6.45) is -3.07. The van der Waals surface area contributed by atoms with Crippen LogP contribution in [0.5, 0.6) is 0 Å². The Morgan fingerprint density at radius 1 is 1.54 bits per heavy atom. The van der Waals surface area contributed by atoms with Gasteiger partial charge < -0.3 is 10.6 Å². The molecule has 0 saturated heterocycles. The van der Waals surface area contributed by atoms with Crippen molar-refractivity contribution in [2.45, 2.75) is 44.4 Å². The fourth-order valence-electron chi connectivity index (χ4n) is 2.87. The summed E-state index contributed by atoms with van der Waals surface area (Å²) < 4.78 is 41.6. The first-order valence-electron chi connectivity index (χ1n) is 8.25. The Balaban J connectivity index is 1.95. The molecule has 26 heavy (non-hydrogen) atoms. The van der Waals surface area contributed by atoms with Crippen molar-refractivity contribution in [1.82, 2.24) is 15.1 Å². The van der Waals surface area contributed by atoms with Gasteiger partial charge >= 0.3 is 6.18 Å². The summed E-state index contributed by atoms with van der Waals surface area (Å²) in [6.45, 7) is 2.39. The Bertz CT molecular complexity index is 775. The number of nitrogens with one attached hydrogen (secondary N) is 2. The van der Waals surface area contributed by atoms with Crippen molar-refractivity contribution >= 4 is 34.7 Å². The van der Waals surface area contributed by atoms with E-state index in [9.17, 15) is 18.0 Å². The zero-order valence-electron chi connectivity index (χ0n) is 13.9. The molecule has 0 saturated carbocycles. The number of anilines is 1. The van der Waals surface area contributed by atoms with Gasteiger partial charge in [-0.3, -0.25) is 4.79 Å². The topological polar surface area (TPSA) is 59.0 Å². The van der Waals surface area contributed by atoms with E-state index in [1.165, 1.54) is 11.3 Å². The minimum Gasteiger partial charge on any atom is -0.361 e. The zero-order valence-corrected chi connectivity index (χ0v) is 15.5. The Morgan fingerprint density at radius 3 is 2.92 bits per heavy atom. The van der Waals surface area contributed by atoms with Gasteiger partial charge in [0.05, 0.1) is 6.04 Å². The normalized spacial score (nSPS) is 19.7. The quantitative estimate of drug-likeness (QED) is 0.702. The van der Waals surface area contributed by atoms with Gasteiger partial charge in [-0.25, -0.2) is 4.68 Å². The molecule has 0 aliphatic carbocycles. The molecule has 2 aromatic rings. The number of aromatic nitrogens is 2. The lowest BCUT2D eigenvalue weighted by molar-refractivity contribution is -0.173. The van der Waals surface area contributed by atoms with Crippen LogP contribution in [0.1, 0.15) is 53.6 Å². The number of hydrogen-bond donors (Lipinski definition) is 2. The fraction of sp³-hybridized carbons (Fsp3) is 0.500. The van der Waals surface area contributed by atoms with Gasteiger partial charge in [0.25, 0.3) is 5.91 Å². The number of hydrogen-bond acceptors (Lipinski definition) is 4. The van der Waals surface area contributed by atoms with Crippen LogP contribution in [-0.2, 0) is 0 Å². The van der Waals surface area contributed by atoms with Crippen LogP contribution in [0.4, 0.5) is 19.0 Å². The summed E-state index contributed by atoms with van der Waals surface area (Å²) in [7, 11) is 0. The highest BCUT2D eigenvalue weighted by Gasteiger charge is 2.48. The molecular formula is C16H18ClF3N4OS. The maximum absolute atomic E-state index is 13.6. The SMILES string of the molecule is CCCCNC(=O)c1nn2c(c1Cl)N[C@@H](c1cccs1)C[C@@H]2C(F)(F)F. The highest BCUT2D eigenvalue weighted by molar-refractivity contribution is 7.10. The van der Waals surface area contributed by atoms with Crippen LogP contribution in [0.2, 0.25) is 5.02 Å². The monoisotopic (exact) mass is 406 g/mol. The zero-order chi connectivity index (χ0) is 18.9. The van der Waals surface area contributed by atoms with E-state index in [1.54, 1.807) is 17.5 Å². The number of nitrogens with zero attached hydrogens (tertiary/aromatic N) is 2. The van der Waals surface area contributed by atoms with Crippen LogP contribution < -0.4 is 10.6 Å². The number of fused-ring (bicyclic) bond motifs is 1. The second-order valence-corrected chi connectivity index (χ2v) is 7.43. The van der Waals surface area contributed by atoms with Crippen molar-refractivity contribution in [3.8, 4) is 0 Å². The van der Waals surface area contributed by atoms with E-state index in [-0.39, 0.29) is 23.0 Å². The molecule has 2 N–H and O–H groups in total. The van der Waals surface area contributed by atoms with Crippen molar-refractivity contribution in [3.63, 3.8) is 0 Å². The first kappa shape index (κ1) is 19.0. The molecule has 142 valence electrons. The van der Waals surface area contributed by atoms with Gasteiger partial charge in [-0.2, -0.15) is 18.3 Å². The maximum Gasteiger partial charge on any atom is 0.410 e. The number of amides is 1. The fourth-order valence-corrected chi connectivity index (χ4v) is 3.93. The van der Waals surface area contributed by atoms with E-state index < -0.39 is 24.2 Å². The molecule has 2 aromatic heterocycles. The van der Waals surface area contributed by atoms with Gasteiger partial charge in [0, 0.05) is 17.8 Å². The average molecular weight is 407 g/mol. The molecule has 2 atom stereocenters. The third kappa shape index (κ3) is 3.68. The van der Waals surface area contributed by atoms with Gasteiger partial charge in [0.1, 0.15) is 10.8 Å². The summed E-state index contributed by atoms with van der Waals surface area (Å²) in [5.74, 6) is -0.542. The lowest BCUT2D eigenvalue weighted by Gasteiger charge is -2.32. The van der Waals surface area contributed by atoms with Crippen molar-refractivity contribution in [3.05, 3.63) is 33.1 Å². The molecule has 1 aliphatic heterocycles. The van der Waals surface area contributed by atoms with Gasteiger partial charge in [0.2, 0.25) is 0 Å². The number of thiophene rings is 1. The van der Waals surface area contributed by atoms with Crippen molar-refractivity contribution < 1.29 is 18.0 Å². The molecule has 0 aromatic carbocycles. The Morgan fingerprint density at radius 2 is 2.31 bits per heavy atom. The van der Waals surface area contributed by atoms with Crippen LogP contribution in [0.25, 0.3) is 0 Å². The number of unbranched alkanes of at least 4 members (excludes halogenated alkanes) is 1. The van der Waals surface area contributed by atoms with Crippen molar-refractivity contribution in [1.29, 1.82) is 0 Å². The summed E-state index contributed by atoms with van der Waals surface area (Å²) >= 11 is 7.59. The molecule has 0 fully saturated rings. The smallest absolute Gasteiger partial charge is 0.361 e. The van der Waals surface area contributed by atoms with E-state index >= 15 is 0 Å². The van der Waals surface area contributed by atoms with E-state index in [0.29, 0.717) is 6.54 Å². The van der Waals surface area contributed by atoms with E-state index in [1.807, 2.05) is 6.92 Å². The lowest BCUT2D eigenvalue weighted by Crippen LogP contribution is -2.35. The van der Waals surface area contributed by atoms with Crippen LogP contribution in [0.15, 0.2) is 17.5 Å². The molecule has 0 bridgehead atoms. The van der Waals surface area contributed by atoms with Crippen LogP contribution in [-0.4, -0.2) is 28.4 Å². The average Bonchev–Trinajstić information content (AvgIpc) is 3.22. The minimum atomic E-state index is -4.50. The molecule has 0 unspecified atom stereocenters. The standard InChI is InChI=1S/C16H18ClF3N4OS/c1-2-3-6-21-15(25)13-12(17)14-22-9(10-5-4-7-26-10)8-11(16(18,19)20)24(14)23-13/h4-5,7,9,11,22H,2-3,6,8H2,1H3,(H,21,25)/t9-,11-/m1/s1. The third-order valence-corrected chi connectivity index (χ3v) is 5.56. The Kier molecular flexibility index (Phi) is 5.47. The molecule has 0 radical (unpaired) electrons. The van der Waals surface area contributed by atoms with E-state index in [0.717, 1.165) is 22.4 Å². The van der Waals surface area contributed by atoms with Gasteiger partial charge in [0.15, 0.2) is 11.7 Å². The maximum atomic E-state index is 13.6. The van der Waals surface area contributed by atoms with Crippen molar-refractivity contribution in [2.75, 3.05) is 11.9 Å². The number of halogens is 4. The summed E-state index contributed by atoms with van der Waals surface area (Å²) in [6, 6.07) is 1.17. The highest BCUT2D eigenvalue weighted by Crippen LogP contribution is 2.46. The summed E-state index contributed by atoms with van der Waals surface area (Å²) in [5, 5.41) is 11.3. The Labute approximate surface area is 157 Å². The Hall–Kier alpha value is -1.74. The largest absolute Gasteiger partial charge is 0.410 e. The van der Waals surface area contributed by atoms with E-state index in [2.05, 4.69) is 15.7 Å². The minimum absolute atomic E-state index is 0.0271. The molecule has 3 heterocycles. The molecule has 1 aliphatic rings. The van der Waals surface area contributed by atoms with Gasteiger partial charge in [-0.15, -0.1) is 11.3 Å². The van der Waals surface area contributed by atoms with Gasteiger partial charge in [-0.1, -0.05) is 31.0 Å². The van der Waals surface area contributed by atoms with Gasteiger partial charge in [-0.05, 0) is 17.9 Å². The molecule has 1 amide bonds. The molecule has 5 nitrogen and oxygen atoms in total. The molecule has 0 spiro atoms. The summed E-state index contributed by atoms with van der Waals surface area (Å²) in [4.78, 5) is 13.0. The van der Waals surface area contributed by atoms with Crippen LogP contribution >= 0.6 is 22.9 Å². The van der Waals surface area contributed by atoms with Crippen LogP contribution in [0.3, 0.4) is 0 Å². The second kappa shape index (κ2) is 7.48. The number of carbonyl (C=O) groups excluding carboxylic acids is 1. The first-order chi connectivity index (χ1) is 12.3. The number of rotatable bonds is 5. The highest BCUT2D eigenvalue weighted by atomic mass is 35.5. The van der Waals surface area contributed by atoms with Crippen LogP contribution in [0, 0.1) is 0 Å². The predicted molar refractivity (Wildman–Crippen MR) is 94.9 cm³/mol. The number of carbonyl (C=O) groups is 1. The molecule has 10 heteroatoms. The summed E-state index contributed by atoms with van der Waals surface area (Å²) in [5.41, 5.74) is -0.189. The first-order valence-corrected chi connectivity index (χ1v) is 9.51.